The van der Waals surface area contributed by atoms with Crippen LogP contribution in [0.2, 0.25) is 0 Å². The molecule has 18 heteroatoms. The first kappa shape index (κ1) is 29.9. The van der Waals surface area contributed by atoms with E-state index in [4.69, 9.17) is 13.9 Å². The van der Waals surface area contributed by atoms with Crippen molar-refractivity contribution in [2.75, 3.05) is 6.54 Å². The van der Waals surface area contributed by atoms with Crippen molar-refractivity contribution < 1.29 is 51.6 Å². The second-order valence-electron chi connectivity index (χ2n) is 7.39. The normalized spacial score (nSPS) is 14.5. The summed E-state index contributed by atoms with van der Waals surface area (Å²) in [4.78, 5) is 58.1. The van der Waals surface area contributed by atoms with E-state index < -0.39 is 39.0 Å². The van der Waals surface area contributed by atoms with Gasteiger partial charge >= 0.3 is 38.7 Å². The summed E-state index contributed by atoms with van der Waals surface area (Å²) in [5, 5.41) is 10.1. The molecule has 0 fully saturated rings. The summed E-state index contributed by atoms with van der Waals surface area (Å²) in [6.07, 6.45) is 0. The van der Waals surface area contributed by atoms with E-state index in [2.05, 4.69) is 29.7 Å². The summed E-state index contributed by atoms with van der Waals surface area (Å²) >= 11 is 0. The van der Waals surface area contributed by atoms with Crippen LogP contribution in [0.4, 0.5) is 0 Å². The third-order valence-electron chi connectivity index (χ3n) is 4.40. The van der Waals surface area contributed by atoms with Gasteiger partial charge in [0.2, 0.25) is 11.7 Å². The molecule has 3 rings (SSSR count). The van der Waals surface area contributed by atoms with Crippen LogP contribution in [0.25, 0.3) is 22.7 Å². The van der Waals surface area contributed by atoms with Crippen molar-refractivity contribution in [3.8, 4) is 34.2 Å². The quantitative estimate of drug-likeness (QED) is 0.246. The number of hydrogen-bond donors (Lipinski definition) is 3. The van der Waals surface area contributed by atoms with Crippen LogP contribution in [0.5, 0.6) is 11.5 Å². The van der Waals surface area contributed by atoms with Crippen molar-refractivity contribution in [3.05, 3.63) is 29.3 Å². The number of benzene rings is 1. The molecular formula is C18H20MgN4O11P2. The van der Waals surface area contributed by atoms with Gasteiger partial charge in [0.05, 0.1) is 5.56 Å². The number of carbonyl (C=O) groups excluding carboxylic acids is 1. The monoisotopic (exact) mass is 554 g/mol. The van der Waals surface area contributed by atoms with Crippen LogP contribution in [-0.4, -0.2) is 60.6 Å². The van der Waals surface area contributed by atoms with E-state index in [1.807, 2.05) is 0 Å². The maximum absolute atomic E-state index is 12.6. The number of nitrogens with one attached hydrogen (secondary N) is 1. The summed E-state index contributed by atoms with van der Waals surface area (Å²) in [6, 6.07) is 2.03. The smallest absolute Gasteiger partial charge is 0.746 e. The first-order valence-corrected chi connectivity index (χ1v) is 12.9. The summed E-state index contributed by atoms with van der Waals surface area (Å²) in [5.74, 6) is -2.53. The number of aryl methyl sites for hydroxylation is 1. The predicted octanol–water partition coefficient (Wildman–Crippen LogP) is 0.871. The Morgan fingerprint density at radius 1 is 1.11 bits per heavy atom. The summed E-state index contributed by atoms with van der Waals surface area (Å²) in [5.41, 5.74) is -0.405. The number of hydrogen-bond acceptors (Lipinski definition) is 12. The number of amides is 1. The molecule has 190 valence electrons. The van der Waals surface area contributed by atoms with Gasteiger partial charge in [-0.3, -0.25) is 13.9 Å². The van der Waals surface area contributed by atoms with E-state index in [-0.39, 0.29) is 69.5 Å². The van der Waals surface area contributed by atoms with E-state index in [0.717, 1.165) is 6.07 Å². The van der Waals surface area contributed by atoms with Crippen molar-refractivity contribution in [2.24, 2.45) is 0 Å². The molecule has 0 aliphatic carbocycles. The minimum atomic E-state index is -5.46. The van der Waals surface area contributed by atoms with Crippen LogP contribution in [0.3, 0.4) is 0 Å². The zero-order chi connectivity index (χ0) is 26.1. The Morgan fingerprint density at radius 2 is 1.72 bits per heavy atom. The largest absolute Gasteiger partial charge is 2.00 e. The molecule has 2 heterocycles. The zero-order valence-electron chi connectivity index (χ0n) is 19.5. The van der Waals surface area contributed by atoms with Gasteiger partial charge < -0.3 is 43.0 Å². The molecule has 0 bridgehead atoms. The molecular weight excluding hydrogens is 534 g/mol. The number of nitrogens with zero attached hydrogens (tertiary/aromatic N) is 3. The van der Waals surface area contributed by atoms with Crippen molar-refractivity contribution >= 4 is 44.6 Å². The van der Waals surface area contributed by atoms with E-state index >= 15 is 0 Å². The van der Waals surface area contributed by atoms with Crippen LogP contribution >= 0.6 is 15.6 Å². The van der Waals surface area contributed by atoms with Crippen molar-refractivity contribution in [3.63, 3.8) is 0 Å². The van der Waals surface area contributed by atoms with E-state index in [1.165, 1.54) is 13.0 Å². The van der Waals surface area contributed by atoms with Gasteiger partial charge in [-0.1, -0.05) is 24.2 Å². The molecule has 1 aromatic carbocycles. The first-order valence-electron chi connectivity index (χ1n) is 9.93. The fourth-order valence-electron chi connectivity index (χ4n) is 3.09. The van der Waals surface area contributed by atoms with Gasteiger partial charge in [0, 0.05) is 19.5 Å². The average Bonchev–Trinajstić information content (AvgIpc) is 3.31. The molecule has 1 amide bonds. The van der Waals surface area contributed by atoms with E-state index in [0.29, 0.717) is 0 Å². The molecule has 15 nitrogen and oxygen atoms in total. The molecule has 0 saturated heterocycles. The topological polar surface area (TPSA) is 233 Å². The zero-order valence-corrected chi connectivity index (χ0v) is 22.7. The maximum Gasteiger partial charge on any atom is 2.00 e. The fourth-order valence-corrected chi connectivity index (χ4v) is 3.90. The van der Waals surface area contributed by atoms with Crippen LogP contribution < -0.4 is 24.2 Å². The third kappa shape index (κ3) is 7.14. The standard InChI is InChI=1S/C18H22N4O11P2.Mg/c1-5-19-18(23)15-14(17-20-9(4)30-22-17)16(31-21-15)11-6-10(8(2)3)12(32-34(24,25)26)7-13(11)33-35(27,28)29;/h6-8H,5H2,1-4H3,(H,19,23)(H2,24,25,26)(H2,27,28,29);/q;+2/p-2. The Morgan fingerprint density at radius 3 is 2.22 bits per heavy atom. The van der Waals surface area contributed by atoms with E-state index in [1.54, 1.807) is 20.8 Å². The maximum atomic E-state index is 12.6. The molecule has 3 aromatic rings. The van der Waals surface area contributed by atoms with Crippen LogP contribution in [-0.2, 0) is 9.13 Å². The molecule has 2 unspecified atom stereocenters. The summed E-state index contributed by atoms with van der Waals surface area (Å²) < 4.78 is 42.5. The van der Waals surface area contributed by atoms with Crippen LogP contribution in [0.1, 0.15) is 48.6 Å². The SMILES string of the molecule is CCNC(=O)c1noc(-c2cc(C(C)C)c(OP(=O)([O-])O)cc2OP(=O)([O-])O)c1-c1noc(C)n1.[Mg+2]. The van der Waals surface area contributed by atoms with Crippen molar-refractivity contribution in [1.82, 2.24) is 20.6 Å². The molecule has 0 radical (unpaired) electrons. The number of carbonyl (C=O) groups is 1. The Labute approximate surface area is 220 Å². The Kier molecular flexibility index (Phi) is 9.48. The predicted molar refractivity (Wildman–Crippen MR) is 119 cm³/mol. The van der Waals surface area contributed by atoms with Gasteiger partial charge in [0.1, 0.15) is 17.1 Å². The first-order chi connectivity index (χ1) is 16.2. The van der Waals surface area contributed by atoms with Crippen molar-refractivity contribution in [1.29, 1.82) is 0 Å². The molecule has 3 N–H and O–H groups in total. The minimum Gasteiger partial charge on any atom is -0.746 e. The number of aromatic nitrogens is 3. The number of rotatable bonds is 9. The van der Waals surface area contributed by atoms with Gasteiger partial charge in [-0.25, -0.2) is 0 Å². The van der Waals surface area contributed by atoms with Gasteiger partial charge in [-0.15, -0.1) is 0 Å². The van der Waals surface area contributed by atoms with Gasteiger partial charge in [-0.05, 0) is 24.5 Å². The fraction of sp³-hybridized carbons (Fsp3) is 0.333. The molecule has 0 spiro atoms. The van der Waals surface area contributed by atoms with Crippen molar-refractivity contribution in [2.45, 2.75) is 33.6 Å². The van der Waals surface area contributed by atoms with Crippen LogP contribution in [0.15, 0.2) is 21.2 Å². The average molecular weight is 555 g/mol. The molecule has 36 heavy (non-hydrogen) atoms. The third-order valence-corrected chi connectivity index (χ3v) is 5.26. The minimum absolute atomic E-state index is 0. The molecule has 2 atom stereocenters. The van der Waals surface area contributed by atoms with Gasteiger partial charge in [0.25, 0.3) is 5.91 Å². The number of phosphoric ester groups is 2. The summed E-state index contributed by atoms with van der Waals surface area (Å²) in [7, 11) is -10.8. The molecule has 2 aromatic heterocycles. The number of phosphoric acid groups is 2. The van der Waals surface area contributed by atoms with E-state index in [9.17, 15) is 28.6 Å². The summed E-state index contributed by atoms with van der Waals surface area (Å²) in [6.45, 7) is 6.69. The van der Waals surface area contributed by atoms with Gasteiger partial charge in [0.15, 0.2) is 11.5 Å². The Hall–Kier alpha value is -2.29. The Balaban J connectivity index is 0.00000456. The second kappa shape index (κ2) is 11.4. The van der Waals surface area contributed by atoms with Crippen LogP contribution in [0, 0.1) is 6.92 Å². The Bertz CT molecular complexity index is 1340. The molecule has 0 aliphatic heterocycles. The molecule has 0 saturated carbocycles. The van der Waals surface area contributed by atoms with Gasteiger partial charge in [-0.2, -0.15) is 4.98 Å². The second-order valence-corrected chi connectivity index (χ2v) is 9.63. The molecule has 0 aliphatic rings.